The summed E-state index contributed by atoms with van der Waals surface area (Å²) in [5, 5.41) is 3.75. The summed E-state index contributed by atoms with van der Waals surface area (Å²) in [7, 11) is 0. The Labute approximate surface area is 201 Å². The summed E-state index contributed by atoms with van der Waals surface area (Å²) in [5.41, 5.74) is 3.41. The number of fused-ring (bicyclic) bond motifs is 3. The van der Waals surface area contributed by atoms with E-state index in [1.807, 2.05) is 51.1 Å². The zero-order valence-electron chi connectivity index (χ0n) is 19.9. The Morgan fingerprint density at radius 1 is 1.18 bits per heavy atom. The van der Waals surface area contributed by atoms with Crippen molar-refractivity contribution in [3.05, 3.63) is 64.2 Å². The number of amides is 2. The van der Waals surface area contributed by atoms with Crippen molar-refractivity contribution in [2.45, 2.75) is 77.5 Å². The third kappa shape index (κ3) is 5.19. The molecule has 2 aromatic carbocycles. The molecule has 5 nitrogen and oxygen atoms in total. The van der Waals surface area contributed by atoms with Gasteiger partial charge in [-0.05, 0) is 80.8 Å². The van der Waals surface area contributed by atoms with Gasteiger partial charge in [-0.2, -0.15) is 0 Å². The Bertz CT molecular complexity index is 1050. The minimum Gasteiger partial charge on any atom is -0.444 e. The summed E-state index contributed by atoms with van der Waals surface area (Å²) in [5.74, 6) is 0.515. The normalized spacial score (nSPS) is 20.5. The SMILES string of the molecule is CCC(c1ccc2c(c1)NC(=O)C1CCCC21)N(Cc1cccc(Cl)c1)C(=O)OC(C)(C)C. The van der Waals surface area contributed by atoms with Crippen LogP contribution < -0.4 is 5.32 Å². The van der Waals surface area contributed by atoms with E-state index in [-0.39, 0.29) is 24.0 Å². The van der Waals surface area contributed by atoms with Crippen LogP contribution in [0.4, 0.5) is 10.5 Å². The van der Waals surface area contributed by atoms with Crippen LogP contribution in [0.5, 0.6) is 0 Å². The second kappa shape index (κ2) is 9.38. The zero-order chi connectivity index (χ0) is 23.8. The third-order valence-corrected chi connectivity index (χ3v) is 6.84. The van der Waals surface area contributed by atoms with Gasteiger partial charge in [-0.25, -0.2) is 4.79 Å². The van der Waals surface area contributed by atoms with Crippen LogP contribution in [-0.4, -0.2) is 22.5 Å². The molecular formula is C27H33ClN2O3. The smallest absolute Gasteiger partial charge is 0.411 e. The van der Waals surface area contributed by atoms with E-state index in [1.54, 1.807) is 4.90 Å². The summed E-state index contributed by atoms with van der Waals surface area (Å²) < 4.78 is 5.78. The van der Waals surface area contributed by atoms with Crippen molar-refractivity contribution in [3.63, 3.8) is 0 Å². The van der Waals surface area contributed by atoms with E-state index in [9.17, 15) is 9.59 Å². The molecule has 0 aromatic heterocycles. The summed E-state index contributed by atoms with van der Waals surface area (Å²) in [6, 6.07) is 13.6. The number of halogens is 1. The highest BCUT2D eigenvalue weighted by Crippen LogP contribution is 2.47. The molecule has 0 spiro atoms. The summed E-state index contributed by atoms with van der Waals surface area (Å²) >= 11 is 6.21. The third-order valence-electron chi connectivity index (χ3n) is 6.61. The number of hydrogen-bond donors (Lipinski definition) is 1. The molecule has 2 aliphatic rings. The second-order valence-electron chi connectivity index (χ2n) is 10.1. The number of carbonyl (C=O) groups excluding carboxylic acids is 2. The van der Waals surface area contributed by atoms with Gasteiger partial charge in [0.2, 0.25) is 5.91 Å². The summed E-state index contributed by atoms with van der Waals surface area (Å²) in [6.07, 6.45) is 3.44. The van der Waals surface area contributed by atoms with Crippen molar-refractivity contribution in [1.82, 2.24) is 4.90 Å². The molecule has 3 atom stereocenters. The van der Waals surface area contributed by atoms with Gasteiger partial charge in [-0.3, -0.25) is 9.69 Å². The molecule has 1 saturated carbocycles. The van der Waals surface area contributed by atoms with Crippen molar-refractivity contribution in [2.24, 2.45) is 5.92 Å². The lowest BCUT2D eigenvalue weighted by Crippen LogP contribution is -2.39. The number of carbonyl (C=O) groups is 2. The van der Waals surface area contributed by atoms with Crippen LogP contribution in [0.2, 0.25) is 5.02 Å². The van der Waals surface area contributed by atoms with Gasteiger partial charge in [-0.1, -0.05) is 49.2 Å². The minimum absolute atomic E-state index is 0.0893. The molecule has 2 amide bonds. The van der Waals surface area contributed by atoms with E-state index >= 15 is 0 Å². The highest BCUT2D eigenvalue weighted by molar-refractivity contribution is 6.30. The fourth-order valence-electron chi connectivity index (χ4n) is 5.17. The summed E-state index contributed by atoms with van der Waals surface area (Å²) in [4.78, 5) is 27.7. The molecule has 1 aliphatic carbocycles. The van der Waals surface area contributed by atoms with Crippen LogP contribution in [0.3, 0.4) is 0 Å². The first-order chi connectivity index (χ1) is 15.7. The molecule has 0 bridgehead atoms. The fourth-order valence-corrected chi connectivity index (χ4v) is 5.39. The van der Waals surface area contributed by atoms with Crippen LogP contribution in [0.1, 0.15) is 82.0 Å². The van der Waals surface area contributed by atoms with Crippen molar-refractivity contribution >= 4 is 29.3 Å². The fraction of sp³-hybridized carbons (Fsp3) is 0.481. The number of nitrogens with one attached hydrogen (secondary N) is 1. The minimum atomic E-state index is -0.608. The Kier molecular flexibility index (Phi) is 6.71. The standard InChI is InChI=1S/C27H33ClN2O3/c1-5-24(18-12-13-21-20-10-7-11-22(20)25(31)29-23(21)15-18)30(26(32)33-27(2,3)4)16-17-8-6-9-19(28)14-17/h6,8-9,12-15,20,22,24H,5,7,10-11,16H2,1-4H3,(H,29,31). The maximum atomic E-state index is 13.3. The topological polar surface area (TPSA) is 58.6 Å². The van der Waals surface area contributed by atoms with Gasteiger partial charge in [0.25, 0.3) is 0 Å². The molecule has 2 aromatic rings. The Hall–Kier alpha value is -2.53. The lowest BCUT2D eigenvalue weighted by Gasteiger charge is -2.35. The molecule has 1 aliphatic heterocycles. The highest BCUT2D eigenvalue weighted by atomic mass is 35.5. The maximum Gasteiger partial charge on any atom is 0.411 e. The summed E-state index contributed by atoms with van der Waals surface area (Å²) in [6.45, 7) is 8.05. The number of rotatable bonds is 5. The van der Waals surface area contributed by atoms with E-state index in [2.05, 4.69) is 24.4 Å². The zero-order valence-corrected chi connectivity index (χ0v) is 20.6. The van der Waals surface area contributed by atoms with Crippen LogP contribution in [0, 0.1) is 5.92 Å². The molecule has 1 heterocycles. The molecule has 0 radical (unpaired) electrons. The molecule has 176 valence electrons. The Balaban J connectivity index is 1.68. The predicted octanol–water partition coefficient (Wildman–Crippen LogP) is 7.06. The number of hydrogen-bond acceptors (Lipinski definition) is 3. The van der Waals surface area contributed by atoms with Gasteiger partial charge in [0.1, 0.15) is 5.60 Å². The molecule has 33 heavy (non-hydrogen) atoms. The van der Waals surface area contributed by atoms with Crippen LogP contribution in [0.15, 0.2) is 42.5 Å². The molecule has 3 unspecified atom stereocenters. The van der Waals surface area contributed by atoms with Gasteiger partial charge < -0.3 is 10.1 Å². The molecule has 6 heteroatoms. The first-order valence-corrected chi connectivity index (χ1v) is 12.2. The van der Waals surface area contributed by atoms with Gasteiger partial charge in [0, 0.05) is 23.2 Å². The van der Waals surface area contributed by atoms with Crippen LogP contribution in [0.25, 0.3) is 0 Å². The molecule has 0 saturated heterocycles. The molecular weight excluding hydrogens is 436 g/mol. The number of anilines is 1. The van der Waals surface area contributed by atoms with Crippen LogP contribution >= 0.6 is 11.6 Å². The number of nitrogens with zero attached hydrogens (tertiary/aromatic N) is 1. The van der Waals surface area contributed by atoms with Crippen molar-refractivity contribution in [1.29, 1.82) is 0 Å². The average molecular weight is 469 g/mol. The Morgan fingerprint density at radius 2 is 1.94 bits per heavy atom. The largest absolute Gasteiger partial charge is 0.444 e. The predicted molar refractivity (Wildman–Crippen MR) is 131 cm³/mol. The van der Waals surface area contributed by atoms with E-state index in [0.717, 1.165) is 36.1 Å². The van der Waals surface area contributed by atoms with Crippen LogP contribution in [-0.2, 0) is 16.1 Å². The van der Waals surface area contributed by atoms with Crippen molar-refractivity contribution in [3.8, 4) is 0 Å². The molecule has 1 N–H and O–H groups in total. The number of benzene rings is 2. The van der Waals surface area contributed by atoms with E-state index in [4.69, 9.17) is 16.3 Å². The van der Waals surface area contributed by atoms with Crippen molar-refractivity contribution < 1.29 is 14.3 Å². The van der Waals surface area contributed by atoms with Gasteiger partial charge in [0.05, 0.1) is 6.04 Å². The first kappa shape index (κ1) is 23.6. The Morgan fingerprint density at radius 3 is 2.64 bits per heavy atom. The van der Waals surface area contributed by atoms with Gasteiger partial charge in [0.15, 0.2) is 0 Å². The monoisotopic (exact) mass is 468 g/mol. The first-order valence-electron chi connectivity index (χ1n) is 11.8. The molecule has 4 rings (SSSR count). The van der Waals surface area contributed by atoms with Gasteiger partial charge in [-0.15, -0.1) is 0 Å². The van der Waals surface area contributed by atoms with E-state index in [1.165, 1.54) is 5.56 Å². The lowest BCUT2D eigenvalue weighted by atomic mass is 9.83. The van der Waals surface area contributed by atoms with E-state index < -0.39 is 5.60 Å². The second-order valence-corrected chi connectivity index (χ2v) is 10.6. The van der Waals surface area contributed by atoms with Crippen molar-refractivity contribution in [2.75, 3.05) is 5.32 Å². The quantitative estimate of drug-likeness (QED) is 0.510. The maximum absolute atomic E-state index is 13.3. The number of ether oxygens (including phenoxy) is 1. The lowest BCUT2D eigenvalue weighted by molar-refractivity contribution is -0.120. The van der Waals surface area contributed by atoms with Gasteiger partial charge >= 0.3 is 6.09 Å². The average Bonchev–Trinajstić information content (AvgIpc) is 3.23. The molecule has 1 fully saturated rings. The van der Waals surface area contributed by atoms with E-state index in [0.29, 0.717) is 23.9 Å². The highest BCUT2D eigenvalue weighted by Gasteiger charge is 2.39.